The Morgan fingerprint density at radius 2 is 0.892 bits per heavy atom. The van der Waals surface area contributed by atoms with E-state index in [2.05, 4.69) is 154 Å². The second kappa shape index (κ2) is 12.9. The van der Waals surface area contributed by atoms with Gasteiger partial charge in [0, 0.05) is 37.3 Å². The van der Waals surface area contributed by atoms with E-state index in [1.165, 1.54) is 21.5 Å². The summed E-state index contributed by atoms with van der Waals surface area (Å²) in [6.45, 7) is 28.7. The molecule has 5 heteroatoms. The Morgan fingerprint density at radius 3 is 1.16 bits per heavy atom. The summed E-state index contributed by atoms with van der Waals surface area (Å²) in [5.74, 6) is 2.05. The van der Waals surface area contributed by atoms with Gasteiger partial charge in [-0.1, -0.05) is 53.7 Å². The van der Waals surface area contributed by atoms with Crippen molar-refractivity contribution in [3.05, 3.63) is 86.0 Å². The van der Waals surface area contributed by atoms with E-state index in [1.54, 1.807) is 0 Å². The van der Waals surface area contributed by atoms with Gasteiger partial charge < -0.3 is 8.85 Å². The minimum Gasteiger partial charge on any atom is -0.559 e. The van der Waals surface area contributed by atoms with Crippen molar-refractivity contribution in [2.75, 3.05) is 0 Å². The summed E-state index contributed by atoms with van der Waals surface area (Å²) < 4.78 is 12.6. The maximum absolute atomic E-state index is 6.29. The zero-order valence-electron chi connectivity index (χ0n) is 24.7. The molecule has 0 aliphatic carbocycles. The van der Waals surface area contributed by atoms with E-state index in [0.717, 1.165) is 11.5 Å². The predicted octanol–water partition coefficient (Wildman–Crippen LogP) is 10.7. The first kappa shape index (κ1) is 33.3. The summed E-state index contributed by atoms with van der Waals surface area (Å²) >= 11 is 0. The van der Waals surface area contributed by atoms with Gasteiger partial charge in [0.15, 0.2) is 0 Å². The summed E-state index contributed by atoms with van der Waals surface area (Å²) in [6, 6.07) is 25.4. The van der Waals surface area contributed by atoms with Crippen LogP contribution in [0.5, 0.6) is 11.5 Å². The quantitative estimate of drug-likeness (QED) is 0.120. The van der Waals surface area contributed by atoms with Gasteiger partial charge in [0.25, 0.3) is 0 Å². The third-order valence-electron chi connectivity index (χ3n) is 7.54. The number of rotatable bonds is 4. The number of benzene rings is 2. The molecule has 0 saturated carbocycles. The molecule has 37 heavy (non-hydrogen) atoms. The molecule has 0 saturated heterocycles. The van der Waals surface area contributed by atoms with Crippen LogP contribution in [0.25, 0.3) is 21.5 Å². The fourth-order valence-corrected chi connectivity index (χ4v) is 5.28. The van der Waals surface area contributed by atoms with Crippen LogP contribution in [0, 0.1) is 0 Å². The van der Waals surface area contributed by atoms with Gasteiger partial charge in [-0.2, -0.15) is 0 Å². The van der Waals surface area contributed by atoms with Crippen LogP contribution in [-0.4, -0.2) is 16.6 Å². The molecule has 0 radical (unpaired) electrons. The van der Waals surface area contributed by atoms with E-state index < -0.39 is 16.6 Å². The maximum Gasteiger partial charge on any atom is 0.248 e. The molecule has 0 amide bonds. The van der Waals surface area contributed by atoms with E-state index in [4.69, 9.17) is 8.85 Å². The Labute approximate surface area is 246 Å². The third kappa shape index (κ3) is 8.66. The van der Waals surface area contributed by atoms with Gasteiger partial charge in [-0.05, 0) is 36.3 Å². The first-order valence-corrected chi connectivity index (χ1v) is 18.6. The van der Waals surface area contributed by atoms with Gasteiger partial charge in [-0.15, -0.1) is 95.4 Å². The Balaban J connectivity index is 0.000000338. The number of hydrogen-bond donors (Lipinski definition) is 0. The summed E-state index contributed by atoms with van der Waals surface area (Å²) in [6.07, 6.45) is 0. The molecule has 0 fully saturated rings. The molecule has 4 aromatic rings. The van der Waals surface area contributed by atoms with Crippen LogP contribution in [-0.2, 0) is 25.8 Å². The van der Waals surface area contributed by atoms with Crippen LogP contribution in [0.3, 0.4) is 0 Å². The van der Waals surface area contributed by atoms with E-state index in [-0.39, 0.29) is 35.9 Å². The molecule has 0 spiro atoms. The smallest absolute Gasteiger partial charge is 0.248 e. The van der Waals surface area contributed by atoms with Crippen LogP contribution >= 0.6 is 0 Å². The van der Waals surface area contributed by atoms with E-state index in [1.807, 2.05) is 0 Å². The first-order valence-electron chi connectivity index (χ1n) is 12.8. The van der Waals surface area contributed by atoms with Crippen molar-refractivity contribution in [1.29, 1.82) is 0 Å². The van der Waals surface area contributed by atoms with Gasteiger partial charge in [-0.25, -0.2) is 0 Å². The Morgan fingerprint density at radius 1 is 0.595 bits per heavy atom. The molecule has 0 N–H and O–H groups in total. The fraction of sp³-hybridized carbons (Fsp3) is 0.375. The topological polar surface area (TPSA) is 18.5 Å². The zero-order chi connectivity index (χ0) is 27.4. The van der Waals surface area contributed by atoms with Gasteiger partial charge in [-0.3, -0.25) is 0 Å². The van der Waals surface area contributed by atoms with E-state index in [0.29, 0.717) is 0 Å². The van der Waals surface area contributed by atoms with Crippen molar-refractivity contribution in [1.82, 2.24) is 0 Å². The Kier molecular flexibility index (Phi) is 11.6. The minimum absolute atomic E-state index is 0. The molecule has 0 atom stereocenters. The number of fused-ring (bicyclic) bond motifs is 2. The van der Waals surface area contributed by atoms with E-state index in [9.17, 15) is 0 Å². The molecule has 0 aromatic heterocycles. The maximum atomic E-state index is 6.29. The molecule has 0 aliphatic heterocycles. The fourth-order valence-electron chi connectivity index (χ4n) is 3.26. The Bertz CT molecular complexity index is 1090. The average Bonchev–Trinajstić information content (AvgIpc) is 3.35. The van der Waals surface area contributed by atoms with Crippen molar-refractivity contribution in [2.24, 2.45) is 0 Å². The van der Waals surface area contributed by atoms with Crippen LogP contribution in [0.15, 0.2) is 86.0 Å². The summed E-state index contributed by atoms with van der Waals surface area (Å²) in [7, 11) is -3.42. The summed E-state index contributed by atoms with van der Waals surface area (Å²) in [5, 5.41) is 5.55. The molecule has 2 nitrogen and oxygen atoms in total. The van der Waals surface area contributed by atoms with E-state index >= 15 is 0 Å². The van der Waals surface area contributed by atoms with Crippen LogP contribution in [0.2, 0.25) is 36.3 Å². The monoisotopic (exact) mass is 698 g/mol. The van der Waals surface area contributed by atoms with Crippen LogP contribution in [0.1, 0.15) is 41.5 Å². The summed E-state index contributed by atoms with van der Waals surface area (Å²) in [5.41, 5.74) is 0. The second-order valence-corrected chi connectivity index (χ2v) is 21.8. The molecular formula is C32H46HfO2Si2-2. The SMILES string of the molecule is C=C.CC(C)(C)[Si](C)(C)Oc1cc2ccccc2[cH-]1.CC(C)(C)[Si](C)(C)Oc1cc2ccccc2[cH-]1.[Hf]. The Hall–Kier alpha value is -1.70. The van der Waals surface area contributed by atoms with Gasteiger partial charge in [0.1, 0.15) is 0 Å². The van der Waals surface area contributed by atoms with Crippen molar-refractivity contribution < 1.29 is 34.7 Å². The normalized spacial score (nSPS) is 12.1. The number of hydrogen-bond acceptors (Lipinski definition) is 2. The van der Waals surface area contributed by atoms with Gasteiger partial charge >= 0.3 is 0 Å². The molecule has 0 bridgehead atoms. The molecule has 0 unspecified atom stereocenters. The third-order valence-corrected chi connectivity index (χ3v) is 16.3. The molecule has 4 aromatic carbocycles. The average molecular weight is 697 g/mol. The molecular weight excluding hydrogens is 651 g/mol. The van der Waals surface area contributed by atoms with Crippen LogP contribution < -0.4 is 8.85 Å². The van der Waals surface area contributed by atoms with Crippen molar-refractivity contribution >= 4 is 38.2 Å². The minimum atomic E-state index is -1.71. The second-order valence-electron chi connectivity index (χ2n) is 12.4. The van der Waals surface area contributed by atoms with Crippen molar-refractivity contribution in [2.45, 2.75) is 77.8 Å². The summed E-state index contributed by atoms with van der Waals surface area (Å²) in [4.78, 5) is 0. The molecule has 0 heterocycles. The molecule has 4 rings (SSSR count). The van der Waals surface area contributed by atoms with Gasteiger partial charge in [0.05, 0.1) is 0 Å². The zero-order valence-corrected chi connectivity index (χ0v) is 30.3. The largest absolute Gasteiger partial charge is 0.559 e. The van der Waals surface area contributed by atoms with Crippen LogP contribution in [0.4, 0.5) is 0 Å². The predicted molar refractivity (Wildman–Crippen MR) is 166 cm³/mol. The first-order chi connectivity index (χ1) is 16.6. The van der Waals surface area contributed by atoms with Crippen molar-refractivity contribution in [3.8, 4) is 11.5 Å². The standard InChI is InChI=1S/2C15H21OSi.C2H4.Hf/c2*1-15(2,3)17(4,5)16-14-10-12-8-6-7-9-13(12)11-14;1-2;/h2*6-11H,1-5H3;1-2H2;/q2*-1;;. The molecule has 200 valence electrons. The molecule has 0 aliphatic rings. The van der Waals surface area contributed by atoms with Gasteiger partial charge in [0.2, 0.25) is 16.6 Å². The van der Waals surface area contributed by atoms with Crippen molar-refractivity contribution in [3.63, 3.8) is 0 Å².